The Hall–Kier alpha value is -0.520. The molecule has 1 aromatic rings. The number of hydrogen-bond donors (Lipinski definition) is 2. The monoisotopic (exact) mass is 184 g/mol. The predicted octanol–water partition coefficient (Wildman–Crippen LogP) is -0.0527. The fourth-order valence-corrected chi connectivity index (χ4v) is 2.29. The van der Waals surface area contributed by atoms with E-state index in [2.05, 4.69) is 9.55 Å². The molecule has 0 radical (unpaired) electrons. The molecule has 1 aromatic heterocycles. The van der Waals surface area contributed by atoms with Crippen LogP contribution in [-0.2, 0) is 6.54 Å². The molecule has 1 atom stereocenters. The lowest BCUT2D eigenvalue weighted by Gasteiger charge is -2.09. The van der Waals surface area contributed by atoms with Gasteiger partial charge in [-0.1, -0.05) is 11.8 Å². The largest absolute Gasteiger partial charge is 0.329 e. The van der Waals surface area contributed by atoms with Gasteiger partial charge in [-0.05, 0) is 0 Å². The van der Waals surface area contributed by atoms with Crippen molar-refractivity contribution in [1.29, 1.82) is 0 Å². The van der Waals surface area contributed by atoms with Crippen LogP contribution in [0.25, 0.3) is 0 Å². The molecule has 1 unspecified atom stereocenters. The summed E-state index contributed by atoms with van der Waals surface area (Å²) in [7, 11) is 0. The van der Waals surface area contributed by atoms with E-state index in [1.807, 2.05) is 6.20 Å². The third-order valence-electron chi connectivity index (χ3n) is 2.03. The van der Waals surface area contributed by atoms with E-state index in [0.29, 0.717) is 6.54 Å². The van der Waals surface area contributed by atoms with Crippen molar-refractivity contribution in [3.63, 3.8) is 0 Å². The van der Waals surface area contributed by atoms with Gasteiger partial charge in [-0.3, -0.25) is 0 Å². The van der Waals surface area contributed by atoms with Crippen LogP contribution in [0.5, 0.6) is 0 Å². The number of imidazole rings is 1. The second kappa shape index (κ2) is 3.08. The third-order valence-corrected chi connectivity index (χ3v) is 3.00. The number of hydrogen-bond acceptors (Lipinski definition) is 4. The van der Waals surface area contributed by atoms with Gasteiger partial charge in [0, 0.05) is 18.8 Å². The van der Waals surface area contributed by atoms with Crippen molar-refractivity contribution in [2.75, 3.05) is 12.3 Å². The van der Waals surface area contributed by atoms with E-state index in [0.717, 1.165) is 23.1 Å². The van der Waals surface area contributed by atoms with E-state index >= 15 is 0 Å². The van der Waals surface area contributed by atoms with E-state index in [9.17, 15) is 0 Å². The molecule has 1 aliphatic heterocycles. The number of nitrogens with two attached hydrogens (primary N) is 2. The summed E-state index contributed by atoms with van der Waals surface area (Å²) < 4.78 is 2.15. The molecule has 1 aliphatic rings. The van der Waals surface area contributed by atoms with Crippen LogP contribution in [0, 0.1) is 0 Å². The molecule has 4 nitrogen and oxygen atoms in total. The topological polar surface area (TPSA) is 69.9 Å². The van der Waals surface area contributed by atoms with Crippen molar-refractivity contribution in [3.8, 4) is 0 Å². The molecule has 0 aliphatic carbocycles. The normalized spacial score (nSPS) is 17.8. The van der Waals surface area contributed by atoms with Crippen LogP contribution in [0.15, 0.2) is 11.4 Å². The SMILES string of the molecule is NCC(N)c1cnc2n1CCS2. The molecule has 2 heterocycles. The molecule has 66 valence electrons. The highest BCUT2D eigenvalue weighted by Crippen LogP contribution is 2.27. The second-order valence-corrected chi connectivity index (χ2v) is 3.87. The van der Waals surface area contributed by atoms with Crippen LogP contribution in [0.4, 0.5) is 0 Å². The maximum Gasteiger partial charge on any atom is 0.168 e. The molecule has 0 amide bonds. The van der Waals surface area contributed by atoms with Gasteiger partial charge in [-0.15, -0.1) is 0 Å². The minimum absolute atomic E-state index is 0.0649. The van der Waals surface area contributed by atoms with Crippen LogP contribution in [0.2, 0.25) is 0 Å². The Morgan fingerprint density at radius 2 is 2.58 bits per heavy atom. The Labute approximate surface area is 75.3 Å². The van der Waals surface area contributed by atoms with E-state index in [-0.39, 0.29) is 6.04 Å². The van der Waals surface area contributed by atoms with E-state index in [1.54, 1.807) is 11.8 Å². The zero-order chi connectivity index (χ0) is 8.55. The number of thioether (sulfide) groups is 1. The third kappa shape index (κ3) is 1.14. The second-order valence-electron chi connectivity index (χ2n) is 2.81. The molecule has 0 aromatic carbocycles. The van der Waals surface area contributed by atoms with Gasteiger partial charge in [0.25, 0.3) is 0 Å². The van der Waals surface area contributed by atoms with Crippen molar-refractivity contribution in [1.82, 2.24) is 9.55 Å². The van der Waals surface area contributed by atoms with E-state index in [1.165, 1.54) is 0 Å². The van der Waals surface area contributed by atoms with Crippen molar-refractivity contribution in [2.45, 2.75) is 17.7 Å². The van der Waals surface area contributed by atoms with Gasteiger partial charge in [-0.25, -0.2) is 4.98 Å². The van der Waals surface area contributed by atoms with Crippen LogP contribution < -0.4 is 11.5 Å². The minimum atomic E-state index is -0.0649. The summed E-state index contributed by atoms with van der Waals surface area (Å²) in [6, 6.07) is -0.0649. The van der Waals surface area contributed by atoms with Crippen molar-refractivity contribution in [2.24, 2.45) is 11.5 Å². The van der Waals surface area contributed by atoms with E-state index < -0.39 is 0 Å². The molecule has 0 spiro atoms. The summed E-state index contributed by atoms with van der Waals surface area (Å²) in [5.41, 5.74) is 12.4. The van der Waals surface area contributed by atoms with Crippen molar-refractivity contribution in [3.05, 3.63) is 11.9 Å². The van der Waals surface area contributed by atoms with E-state index in [4.69, 9.17) is 11.5 Å². The molecule has 0 saturated heterocycles. The summed E-state index contributed by atoms with van der Waals surface area (Å²) in [6.07, 6.45) is 1.83. The van der Waals surface area contributed by atoms with Gasteiger partial charge in [0.1, 0.15) is 0 Å². The first-order valence-corrected chi connectivity index (χ1v) is 4.95. The smallest absolute Gasteiger partial charge is 0.168 e. The standard InChI is InChI=1S/C7H12N4S/c8-3-5(9)6-4-10-7-11(6)1-2-12-7/h4-5H,1-3,8-9H2. The van der Waals surface area contributed by atoms with Crippen LogP contribution >= 0.6 is 11.8 Å². The summed E-state index contributed by atoms with van der Waals surface area (Å²) >= 11 is 1.77. The summed E-state index contributed by atoms with van der Waals surface area (Å²) in [4.78, 5) is 4.26. The lowest BCUT2D eigenvalue weighted by Crippen LogP contribution is -2.23. The number of aromatic nitrogens is 2. The highest BCUT2D eigenvalue weighted by atomic mass is 32.2. The van der Waals surface area contributed by atoms with Gasteiger partial charge < -0.3 is 16.0 Å². The fourth-order valence-electron chi connectivity index (χ4n) is 1.36. The highest BCUT2D eigenvalue weighted by Gasteiger charge is 2.18. The summed E-state index contributed by atoms with van der Waals surface area (Å²) in [6.45, 7) is 1.50. The fraction of sp³-hybridized carbons (Fsp3) is 0.571. The average molecular weight is 184 g/mol. The minimum Gasteiger partial charge on any atom is -0.329 e. The van der Waals surface area contributed by atoms with Gasteiger partial charge >= 0.3 is 0 Å². The van der Waals surface area contributed by atoms with Crippen molar-refractivity contribution < 1.29 is 0 Å². The van der Waals surface area contributed by atoms with Gasteiger partial charge in [0.2, 0.25) is 0 Å². The number of fused-ring (bicyclic) bond motifs is 1. The summed E-state index contributed by atoms with van der Waals surface area (Å²) in [5, 5.41) is 1.08. The Kier molecular flexibility index (Phi) is 2.08. The summed E-state index contributed by atoms with van der Waals surface area (Å²) in [5.74, 6) is 1.10. The molecule has 0 fully saturated rings. The highest BCUT2D eigenvalue weighted by molar-refractivity contribution is 7.99. The average Bonchev–Trinajstić information content (AvgIpc) is 2.62. The maximum atomic E-state index is 5.82. The van der Waals surface area contributed by atoms with Crippen LogP contribution in [0.1, 0.15) is 11.7 Å². The quantitative estimate of drug-likeness (QED) is 0.676. The van der Waals surface area contributed by atoms with Crippen LogP contribution in [0.3, 0.4) is 0 Å². The maximum absolute atomic E-state index is 5.82. The molecule has 5 heteroatoms. The Morgan fingerprint density at radius 1 is 1.75 bits per heavy atom. The first-order chi connectivity index (χ1) is 5.83. The molecule has 4 N–H and O–H groups in total. The zero-order valence-corrected chi connectivity index (χ0v) is 7.55. The first kappa shape index (κ1) is 8.10. The molecule has 12 heavy (non-hydrogen) atoms. The Balaban J connectivity index is 2.33. The lowest BCUT2D eigenvalue weighted by atomic mass is 10.2. The molecular weight excluding hydrogens is 172 g/mol. The van der Waals surface area contributed by atoms with Crippen molar-refractivity contribution >= 4 is 11.8 Å². The number of nitrogens with zero attached hydrogens (tertiary/aromatic N) is 2. The van der Waals surface area contributed by atoms with Gasteiger partial charge in [0.15, 0.2) is 5.16 Å². The van der Waals surface area contributed by atoms with Gasteiger partial charge in [0.05, 0.1) is 17.9 Å². The lowest BCUT2D eigenvalue weighted by molar-refractivity contribution is 0.611. The molecule has 2 rings (SSSR count). The first-order valence-electron chi connectivity index (χ1n) is 3.97. The molecular formula is C7H12N4S. The molecule has 0 saturated carbocycles. The Morgan fingerprint density at radius 3 is 3.33 bits per heavy atom. The zero-order valence-electron chi connectivity index (χ0n) is 6.73. The predicted molar refractivity (Wildman–Crippen MR) is 48.9 cm³/mol. The van der Waals surface area contributed by atoms with Gasteiger partial charge in [-0.2, -0.15) is 0 Å². The Bertz CT molecular complexity index is 283. The molecule has 0 bridgehead atoms. The number of rotatable bonds is 2. The van der Waals surface area contributed by atoms with Crippen LogP contribution in [-0.4, -0.2) is 21.8 Å².